The van der Waals surface area contributed by atoms with E-state index in [9.17, 15) is 4.79 Å². The number of rotatable bonds is 1. The first-order chi connectivity index (χ1) is 8.24. The molecule has 0 saturated carbocycles. The van der Waals surface area contributed by atoms with Gasteiger partial charge >= 0.3 is 0 Å². The molecule has 4 heteroatoms. The molecule has 2 heterocycles. The predicted molar refractivity (Wildman–Crippen MR) is 66.7 cm³/mol. The predicted octanol–water partition coefficient (Wildman–Crippen LogP) is 3.43. The number of hydrogen-bond acceptors (Lipinski definition) is 2. The van der Waals surface area contributed by atoms with Crippen LogP contribution >= 0.6 is 11.6 Å². The van der Waals surface area contributed by atoms with E-state index in [-0.39, 0.29) is 5.91 Å². The first-order valence-corrected chi connectivity index (χ1v) is 5.47. The van der Waals surface area contributed by atoms with Crippen LogP contribution in [0.15, 0.2) is 41.2 Å². The van der Waals surface area contributed by atoms with Gasteiger partial charge in [-0.2, -0.15) is 0 Å². The lowest BCUT2D eigenvalue weighted by atomic mass is 10.1. The second-order valence-electron chi connectivity index (χ2n) is 3.76. The summed E-state index contributed by atoms with van der Waals surface area (Å²) in [4.78, 5) is 11.8. The van der Waals surface area contributed by atoms with E-state index < -0.39 is 0 Å². The summed E-state index contributed by atoms with van der Waals surface area (Å²) in [5, 5.41) is 3.38. The minimum absolute atomic E-state index is 0.122. The number of halogens is 1. The van der Waals surface area contributed by atoms with Crippen LogP contribution in [0.5, 0.6) is 0 Å². The van der Waals surface area contributed by atoms with Gasteiger partial charge < -0.3 is 9.73 Å². The van der Waals surface area contributed by atoms with Crippen molar-refractivity contribution < 1.29 is 9.21 Å². The normalized spacial score (nSPS) is 16.1. The third-order valence-electron chi connectivity index (χ3n) is 2.62. The Bertz CT molecular complexity index is 614. The zero-order valence-electron chi connectivity index (χ0n) is 8.74. The van der Waals surface area contributed by atoms with Gasteiger partial charge in [-0.1, -0.05) is 17.7 Å². The molecule has 1 aliphatic rings. The number of carbonyl (C=O) groups excluding carboxylic acids is 1. The van der Waals surface area contributed by atoms with Crippen molar-refractivity contribution in [2.24, 2.45) is 0 Å². The summed E-state index contributed by atoms with van der Waals surface area (Å²) in [6.45, 7) is 0. The summed E-state index contributed by atoms with van der Waals surface area (Å²) in [6, 6.07) is 7.14. The van der Waals surface area contributed by atoms with Crippen LogP contribution in [0, 0.1) is 0 Å². The molecule has 84 valence electrons. The van der Waals surface area contributed by atoms with Crippen LogP contribution in [0.25, 0.3) is 11.6 Å². The second-order valence-corrected chi connectivity index (χ2v) is 4.20. The van der Waals surface area contributed by atoms with Gasteiger partial charge in [0, 0.05) is 21.7 Å². The summed E-state index contributed by atoms with van der Waals surface area (Å²) < 4.78 is 4.97. The van der Waals surface area contributed by atoms with Gasteiger partial charge in [0.2, 0.25) is 0 Å². The van der Waals surface area contributed by atoms with Crippen LogP contribution in [-0.4, -0.2) is 5.91 Å². The second kappa shape index (κ2) is 3.79. The molecule has 1 aromatic heterocycles. The third-order valence-corrected chi connectivity index (χ3v) is 2.85. The van der Waals surface area contributed by atoms with E-state index in [1.807, 2.05) is 6.07 Å². The van der Waals surface area contributed by atoms with Crippen LogP contribution in [0.4, 0.5) is 5.69 Å². The number of fused-ring (bicyclic) bond motifs is 1. The molecule has 17 heavy (non-hydrogen) atoms. The molecule has 0 aliphatic carbocycles. The summed E-state index contributed by atoms with van der Waals surface area (Å²) in [5.74, 6) is -0.122. The third kappa shape index (κ3) is 1.74. The van der Waals surface area contributed by atoms with Crippen molar-refractivity contribution in [2.75, 3.05) is 5.32 Å². The highest BCUT2D eigenvalue weighted by Gasteiger charge is 2.23. The Morgan fingerprint density at radius 3 is 2.94 bits per heavy atom. The molecule has 0 bridgehead atoms. The average Bonchev–Trinajstić information content (AvgIpc) is 2.88. The topological polar surface area (TPSA) is 42.2 Å². The van der Waals surface area contributed by atoms with Gasteiger partial charge in [-0.3, -0.25) is 4.79 Å². The van der Waals surface area contributed by atoms with Crippen LogP contribution in [0.2, 0.25) is 5.02 Å². The van der Waals surface area contributed by atoms with Crippen LogP contribution in [0.1, 0.15) is 11.1 Å². The van der Waals surface area contributed by atoms with Crippen molar-refractivity contribution in [1.29, 1.82) is 0 Å². The lowest BCUT2D eigenvalue weighted by molar-refractivity contribution is -0.110. The van der Waals surface area contributed by atoms with Gasteiger partial charge in [-0.15, -0.1) is 0 Å². The zero-order chi connectivity index (χ0) is 11.8. The minimum Gasteiger partial charge on any atom is -0.472 e. The quantitative estimate of drug-likeness (QED) is 0.782. The maximum absolute atomic E-state index is 11.8. The maximum atomic E-state index is 11.8. The van der Waals surface area contributed by atoms with Crippen molar-refractivity contribution in [2.45, 2.75) is 0 Å². The van der Waals surface area contributed by atoms with Crippen LogP contribution < -0.4 is 5.32 Å². The van der Waals surface area contributed by atoms with Gasteiger partial charge in [0.1, 0.15) is 0 Å². The lowest BCUT2D eigenvalue weighted by Gasteiger charge is -1.97. The number of furan rings is 1. The van der Waals surface area contributed by atoms with E-state index in [2.05, 4.69) is 5.32 Å². The molecule has 1 N–H and O–H groups in total. The maximum Gasteiger partial charge on any atom is 0.256 e. The average molecular weight is 246 g/mol. The number of benzene rings is 1. The van der Waals surface area contributed by atoms with E-state index in [4.69, 9.17) is 16.0 Å². The largest absolute Gasteiger partial charge is 0.472 e. The molecule has 1 aromatic carbocycles. The zero-order valence-corrected chi connectivity index (χ0v) is 9.49. The molecule has 0 saturated heterocycles. The summed E-state index contributed by atoms with van der Waals surface area (Å²) in [7, 11) is 0. The van der Waals surface area contributed by atoms with Crippen LogP contribution in [0.3, 0.4) is 0 Å². The van der Waals surface area contributed by atoms with Crippen molar-refractivity contribution in [3.8, 4) is 0 Å². The molecular weight excluding hydrogens is 238 g/mol. The molecule has 3 nitrogen and oxygen atoms in total. The van der Waals surface area contributed by atoms with Crippen molar-refractivity contribution in [1.82, 2.24) is 0 Å². The Morgan fingerprint density at radius 1 is 1.29 bits per heavy atom. The smallest absolute Gasteiger partial charge is 0.256 e. The molecule has 0 unspecified atom stereocenters. The number of nitrogens with one attached hydrogen (secondary N) is 1. The van der Waals surface area contributed by atoms with E-state index in [1.165, 1.54) is 0 Å². The number of carbonyl (C=O) groups is 1. The van der Waals surface area contributed by atoms with E-state index in [0.717, 1.165) is 16.8 Å². The number of hydrogen-bond donors (Lipinski definition) is 1. The molecule has 0 atom stereocenters. The van der Waals surface area contributed by atoms with Gasteiger partial charge in [-0.05, 0) is 24.3 Å². The molecule has 1 aliphatic heterocycles. The Morgan fingerprint density at radius 2 is 2.18 bits per heavy atom. The van der Waals surface area contributed by atoms with Crippen molar-refractivity contribution in [3.05, 3.63) is 52.9 Å². The molecule has 0 spiro atoms. The van der Waals surface area contributed by atoms with Crippen molar-refractivity contribution >= 4 is 34.8 Å². The van der Waals surface area contributed by atoms with Gasteiger partial charge in [0.25, 0.3) is 5.91 Å². The van der Waals surface area contributed by atoms with E-state index in [0.29, 0.717) is 10.6 Å². The summed E-state index contributed by atoms with van der Waals surface area (Å²) in [6.07, 6.45) is 4.95. The first-order valence-electron chi connectivity index (χ1n) is 5.09. The number of anilines is 1. The molecular formula is C13H8ClNO2. The Hall–Kier alpha value is -2.00. The molecule has 1 amide bonds. The number of amides is 1. The fourth-order valence-corrected chi connectivity index (χ4v) is 2.01. The van der Waals surface area contributed by atoms with Gasteiger partial charge in [0.05, 0.1) is 18.2 Å². The highest BCUT2D eigenvalue weighted by atomic mass is 35.5. The highest BCUT2D eigenvalue weighted by molar-refractivity contribution is 6.36. The van der Waals surface area contributed by atoms with Gasteiger partial charge in [0.15, 0.2) is 0 Å². The Labute approximate surface area is 103 Å². The molecule has 0 radical (unpaired) electrons. The SMILES string of the molecule is O=C1Nc2cc(Cl)ccc2C1=Cc1ccoc1. The van der Waals surface area contributed by atoms with Crippen molar-refractivity contribution in [3.63, 3.8) is 0 Å². The van der Waals surface area contributed by atoms with Crippen LogP contribution in [-0.2, 0) is 4.79 Å². The standard InChI is InChI=1S/C13H8ClNO2/c14-9-1-2-10-11(5-8-3-4-17-7-8)13(16)15-12(10)6-9/h1-7H,(H,15,16). The fraction of sp³-hybridized carbons (Fsp3) is 0. The first kappa shape index (κ1) is 10.2. The summed E-state index contributed by atoms with van der Waals surface area (Å²) >= 11 is 5.88. The van der Waals surface area contributed by atoms with Gasteiger partial charge in [-0.25, -0.2) is 0 Å². The summed E-state index contributed by atoms with van der Waals surface area (Å²) in [5.41, 5.74) is 3.09. The lowest BCUT2D eigenvalue weighted by Crippen LogP contribution is -2.03. The van der Waals surface area contributed by atoms with E-state index in [1.54, 1.807) is 36.8 Å². The molecule has 0 fully saturated rings. The monoisotopic (exact) mass is 245 g/mol. The highest BCUT2D eigenvalue weighted by Crippen LogP contribution is 2.34. The fourth-order valence-electron chi connectivity index (χ4n) is 1.83. The molecule has 3 rings (SSSR count). The van der Waals surface area contributed by atoms with E-state index >= 15 is 0 Å². The Balaban J connectivity index is 2.11. The molecule has 2 aromatic rings. The minimum atomic E-state index is -0.122. The Kier molecular flexibility index (Phi) is 2.27.